The molecule has 0 radical (unpaired) electrons. The number of carbonyl (C=O) groups excluding carboxylic acids is 2. The van der Waals surface area contributed by atoms with Crippen molar-refractivity contribution in [1.82, 2.24) is 20.8 Å². The number of rotatable bonds is 8. The third kappa shape index (κ3) is 5.01. The van der Waals surface area contributed by atoms with Crippen molar-refractivity contribution < 1.29 is 19.1 Å². The van der Waals surface area contributed by atoms with Crippen LogP contribution in [-0.4, -0.2) is 42.2 Å². The number of carbonyl (C=O) groups is 2. The largest absolute Gasteiger partial charge is 0.493 e. The number of aromatic amines is 1. The molecular weight excluding hydrogens is 312 g/mol. The Morgan fingerprint density at radius 2 is 1.88 bits per heavy atom. The van der Waals surface area contributed by atoms with Gasteiger partial charge in [0.25, 0.3) is 5.91 Å². The van der Waals surface area contributed by atoms with E-state index in [1.807, 2.05) is 12.1 Å². The smallest absolute Gasteiger partial charge is 0.271 e. The number of hydrogen-bond donors (Lipinski definition) is 3. The number of hydrogen-bond acceptors (Lipinski definition) is 5. The lowest BCUT2D eigenvalue weighted by Gasteiger charge is -2.08. The maximum atomic E-state index is 11.9. The molecule has 0 aliphatic heterocycles. The van der Waals surface area contributed by atoms with Gasteiger partial charge in [0.2, 0.25) is 5.91 Å². The van der Waals surface area contributed by atoms with E-state index in [9.17, 15) is 9.59 Å². The fourth-order valence-electron chi connectivity index (χ4n) is 1.95. The molecule has 0 saturated heterocycles. The van der Waals surface area contributed by atoms with Gasteiger partial charge < -0.3 is 20.1 Å². The molecule has 0 spiro atoms. The fraction of sp³-hybridized carbons (Fsp3) is 0.312. The van der Waals surface area contributed by atoms with E-state index in [0.717, 1.165) is 0 Å². The van der Waals surface area contributed by atoms with E-state index in [0.29, 0.717) is 30.3 Å². The van der Waals surface area contributed by atoms with Gasteiger partial charge in [0.1, 0.15) is 12.3 Å². The average Bonchev–Trinajstić information content (AvgIpc) is 3.06. The normalized spacial score (nSPS) is 10.1. The van der Waals surface area contributed by atoms with Gasteiger partial charge in [0.15, 0.2) is 11.5 Å². The van der Waals surface area contributed by atoms with Gasteiger partial charge in [-0.15, -0.1) is 0 Å². The molecule has 128 valence electrons. The second-order valence-corrected chi connectivity index (χ2v) is 4.96. The summed E-state index contributed by atoms with van der Waals surface area (Å²) in [5.41, 5.74) is 0.921. The maximum Gasteiger partial charge on any atom is 0.271 e. The van der Waals surface area contributed by atoms with Gasteiger partial charge in [0.05, 0.1) is 12.8 Å². The molecule has 0 saturated carbocycles. The van der Waals surface area contributed by atoms with Gasteiger partial charge in [-0.3, -0.25) is 14.7 Å². The molecule has 0 atom stereocenters. The molecule has 0 aliphatic rings. The average molecular weight is 332 g/mol. The number of amides is 2. The molecule has 1 aromatic carbocycles. The zero-order valence-electron chi connectivity index (χ0n) is 13.6. The van der Waals surface area contributed by atoms with Crippen LogP contribution in [0.15, 0.2) is 30.3 Å². The molecule has 2 amide bonds. The highest BCUT2D eigenvalue weighted by Gasteiger charge is 2.11. The van der Waals surface area contributed by atoms with E-state index < -0.39 is 0 Å². The Labute approximate surface area is 139 Å². The Hall–Kier alpha value is -3.03. The van der Waals surface area contributed by atoms with Gasteiger partial charge >= 0.3 is 0 Å². The van der Waals surface area contributed by atoms with E-state index >= 15 is 0 Å². The van der Waals surface area contributed by atoms with Gasteiger partial charge in [-0.2, -0.15) is 5.10 Å². The van der Waals surface area contributed by atoms with Gasteiger partial charge in [-0.1, -0.05) is 12.1 Å². The SMILES string of the molecule is COc1ccccc1OCc1cc(C(=O)NCCNC(C)=O)n[nH]1. The molecule has 1 aromatic heterocycles. The fourth-order valence-corrected chi connectivity index (χ4v) is 1.95. The molecule has 1 heterocycles. The molecule has 0 unspecified atom stereocenters. The van der Waals surface area contributed by atoms with Crippen molar-refractivity contribution in [3.8, 4) is 11.5 Å². The Kier molecular flexibility index (Phi) is 6.18. The molecule has 8 heteroatoms. The lowest BCUT2D eigenvalue weighted by molar-refractivity contribution is -0.118. The number of benzene rings is 1. The minimum Gasteiger partial charge on any atom is -0.493 e. The zero-order chi connectivity index (χ0) is 17.4. The number of nitrogens with zero attached hydrogens (tertiary/aromatic N) is 1. The molecule has 2 rings (SSSR count). The number of para-hydroxylation sites is 2. The predicted octanol–water partition coefficient (Wildman–Crippen LogP) is 0.863. The van der Waals surface area contributed by atoms with Crippen molar-refractivity contribution in [1.29, 1.82) is 0 Å². The summed E-state index contributed by atoms with van der Waals surface area (Å²) in [7, 11) is 1.57. The second kappa shape index (κ2) is 8.56. The second-order valence-electron chi connectivity index (χ2n) is 4.96. The lowest BCUT2D eigenvalue weighted by Crippen LogP contribution is -2.33. The molecule has 24 heavy (non-hydrogen) atoms. The summed E-state index contributed by atoms with van der Waals surface area (Å²) in [6.45, 7) is 2.35. The highest BCUT2D eigenvalue weighted by atomic mass is 16.5. The van der Waals surface area contributed by atoms with E-state index in [1.165, 1.54) is 6.92 Å². The van der Waals surface area contributed by atoms with E-state index in [-0.39, 0.29) is 24.1 Å². The van der Waals surface area contributed by atoms with Crippen molar-refractivity contribution in [2.75, 3.05) is 20.2 Å². The summed E-state index contributed by atoms with van der Waals surface area (Å²) < 4.78 is 10.9. The van der Waals surface area contributed by atoms with Crippen LogP contribution in [0.4, 0.5) is 0 Å². The first-order valence-electron chi connectivity index (χ1n) is 7.43. The van der Waals surface area contributed by atoms with Crippen LogP contribution >= 0.6 is 0 Å². The van der Waals surface area contributed by atoms with Crippen molar-refractivity contribution in [2.24, 2.45) is 0 Å². The summed E-state index contributed by atoms with van der Waals surface area (Å²) in [4.78, 5) is 22.6. The molecule has 0 bridgehead atoms. The van der Waals surface area contributed by atoms with Crippen LogP contribution < -0.4 is 20.1 Å². The molecular formula is C16H20N4O4. The number of H-pyrrole nitrogens is 1. The standard InChI is InChI=1S/C16H20N4O4/c1-11(21)17-7-8-18-16(22)13-9-12(19-20-13)10-24-15-6-4-3-5-14(15)23-2/h3-6,9H,7-8,10H2,1-2H3,(H,17,21)(H,18,22)(H,19,20). The van der Waals surface area contributed by atoms with E-state index in [1.54, 1.807) is 25.3 Å². The van der Waals surface area contributed by atoms with Crippen LogP contribution in [0.1, 0.15) is 23.1 Å². The first-order chi connectivity index (χ1) is 11.6. The van der Waals surface area contributed by atoms with Crippen LogP contribution in [0.2, 0.25) is 0 Å². The number of methoxy groups -OCH3 is 1. The van der Waals surface area contributed by atoms with Crippen molar-refractivity contribution in [2.45, 2.75) is 13.5 Å². The third-order valence-corrected chi connectivity index (χ3v) is 3.10. The monoisotopic (exact) mass is 332 g/mol. The first-order valence-corrected chi connectivity index (χ1v) is 7.43. The molecule has 0 fully saturated rings. The Bertz CT molecular complexity index is 699. The number of aromatic nitrogens is 2. The lowest BCUT2D eigenvalue weighted by atomic mass is 10.3. The summed E-state index contributed by atoms with van der Waals surface area (Å²) in [6.07, 6.45) is 0. The molecule has 2 aromatic rings. The van der Waals surface area contributed by atoms with Crippen LogP contribution in [0.25, 0.3) is 0 Å². The van der Waals surface area contributed by atoms with Crippen LogP contribution in [0.3, 0.4) is 0 Å². The molecule has 3 N–H and O–H groups in total. The number of ether oxygens (including phenoxy) is 2. The van der Waals surface area contributed by atoms with Crippen molar-refractivity contribution in [3.05, 3.63) is 41.7 Å². The highest BCUT2D eigenvalue weighted by Crippen LogP contribution is 2.26. The Morgan fingerprint density at radius 3 is 2.58 bits per heavy atom. The summed E-state index contributed by atoms with van der Waals surface area (Å²) in [6, 6.07) is 8.91. The van der Waals surface area contributed by atoms with Crippen LogP contribution in [0, 0.1) is 0 Å². The van der Waals surface area contributed by atoms with Gasteiger partial charge in [-0.25, -0.2) is 0 Å². The van der Waals surface area contributed by atoms with Gasteiger partial charge in [0, 0.05) is 20.0 Å². The Balaban J connectivity index is 1.84. The summed E-state index contributed by atoms with van der Waals surface area (Å²) in [5.74, 6) is 0.781. The summed E-state index contributed by atoms with van der Waals surface area (Å²) in [5, 5.41) is 12.0. The molecule has 8 nitrogen and oxygen atoms in total. The van der Waals surface area contributed by atoms with Crippen LogP contribution in [0.5, 0.6) is 11.5 Å². The highest BCUT2D eigenvalue weighted by molar-refractivity contribution is 5.92. The van der Waals surface area contributed by atoms with Crippen molar-refractivity contribution in [3.63, 3.8) is 0 Å². The van der Waals surface area contributed by atoms with Gasteiger partial charge in [-0.05, 0) is 18.2 Å². The minimum atomic E-state index is -0.319. The summed E-state index contributed by atoms with van der Waals surface area (Å²) >= 11 is 0. The predicted molar refractivity (Wildman–Crippen MR) is 86.9 cm³/mol. The quantitative estimate of drug-likeness (QED) is 0.622. The third-order valence-electron chi connectivity index (χ3n) is 3.10. The topological polar surface area (TPSA) is 105 Å². The number of nitrogens with one attached hydrogen (secondary N) is 3. The minimum absolute atomic E-state index is 0.139. The van der Waals surface area contributed by atoms with E-state index in [2.05, 4.69) is 20.8 Å². The zero-order valence-corrected chi connectivity index (χ0v) is 13.6. The maximum absolute atomic E-state index is 11.9. The van der Waals surface area contributed by atoms with E-state index in [4.69, 9.17) is 9.47 Å². The first kappa shape index (κ1) is 17.3. The molecule has 0 aliphatic carbocycles. The van der Waals surface area contributed by atoms with Crippen molar-refractivity contribution >= 4 is 11.8 Å². The van der Waals surface area contributed by atoms with Crippen LogP contribution in [-0.2, 0) is 11.4 Å². The Morgan fingerprint density at radius 1 is 1.17 bits per heavy atom.